The molecule has 1 aromatic carbocycles. The lowest BCUT2D eigenvalue weighted by molar-refractivity contribution is -0.117. The van der Waals surface area contributed by atoms with Crippen molar-refractivity contribution in [2.75, 3.05) is 0 Å². The maximum Gasteiger partial charge on any atom is 0.221 e. The Kier molecular flexibility index (Phi) is 3.90. The van der Waals surface area contributed by atoms with Crippen molar-refractivity contribution >= 4 is 23.6 Å². The van der Waals surface area contributed by atoms with Crippen LogP contribution in [0.1, 0.15) is 17.5 Å². The Morgan fingerprint density at radius 2 is 2.33 bits per heavy atom. The number of hydrogen-bond donors (Lipinski definition) is 1. The third kappa shape index (κ3) is 3.45. The van der Waals surface area contributed by atoms with Gasteiger partial charge in [-0.1, -0.05) is 29.8 Å². The summed E-state index contributed by atoms with van der Waals surface area (Å²) in [5, 5.41) is 9.33. The molecular formula is C11H9ClN2O. The molecule has 0 fully saturated rings. The number of amides is 1. The summed E-state index contributed by atoms with van der Waals surface area (Å²) in [4.78, 5) is 10.5. The number of carbonyl (C=O) groups excluding carboxylic acids is 1. The normalized spacial score (nSPS) is 10.1. The highest BCUT2D eigenvalue weighted by atomic mass is 35.5. The summed E-state index contributed by atoms with van der Waals surface area (Å²) in [5.41, 5.74) is 6.18. The number of carbonyl (C=O) groups is 1. The Hall–Kier alpha value is -1.79. The zero-order valence-electron chi connectivity index (χ0n) is 7.90. The van der Waals surface area contributed by atoms with E-state index in [9.17, 15) is 4.79 Å². The molecular weight excluding hydrogens is 212 g/mol. The fourth-order valence-corrected chi connectivity index (χ4v) is 1.24. The van der Waals surface area contributed by atoms with Crippen molar-refractivity contribution in [3.8, 4) is 6.07 Å². The van der Waals surface area contributed by atoms with Crippen molar-refractivity contribution in [3.63, 3.8) is 0 Å². The van der Waals surface area contributed by atoms with Crippen molar-refractivity contribution < 1.29 is 4.79 Å². The number of nitrogens with two attached hydrogens (primary N) is 1. The standard InChI is InChI=1S/C11H9ClN2O/c12-10-5-4-8(9(6-10)7-13)2-1-3-11(14)15/h1-2,4-6H,3H2,(H2,14,15). The third-order valence-electron chi connectivity index (χ3n) is 1.75. The number of hydrogen-bond acceptors (Lipinski definition) is 2. The number of halogens is 1. The van der Waals surface area contributed by atoms with E-state index >= 15 is 0 Å². The monoisotopic (exact) mass is 220 g/mol. The van der Waals surface area contributed by atoms with Gasteiger partial charge in [0.2, 0.25) is 5.91 Å². The topological polar surface area (TPSA) is 66.9 Å². The van der Waals surface area contributed by atoms with Crippen molar-refractivity contribution in [2.45, 2.75) is 6.42 Å². The molecule has 3 nitrogen and oxygen atoms in total. The van der Waals surface area contributed by atoms with E-state index in [-0.39, 0.29) is 6.42 Å². The molecule has 0 saturated carbocycles. The van der Waals surface area contributed by atoms with Crippen LogP contribution in [0.4, 0.5) is 0 Å². The van der Waals surface area contributed by atoms with Gasteiger partial charge in [0.1, 0.15) is 0 Å². The molecule has 2 N–H and O–H groups in total. The fraction of sp³-hybridized carbons (Fsp3) is 0.0909. The van der Waals surface area contributed by atoms with E-state index in [0.29, 0.717) is 10.6 Å². The van der Waals surface area contributed by atoms with Crippen molar-refractivity contribution in [3.05, 3.63) is 40.4 Å². The third-order valence-corrected chi connectivity index (χ3v) is 1.99. The summed E-state index contributed by atoms with van der Waals surface area (Å²) in [7, 11) is 0. The van der Waals surface area contributed by atoms with Gasteiger partial charge in [0.25, 0.3) is 0 Å². The van der Waals surface area contributed by atoms with Crippen LogP contribution in [0.25, 0.3) is 6.08 Å². The van der Waals surface area contributed by atoms with Gasteiger partial charge in [0.15, 0.2) is 0 Å². The van der Waals surface area contributed by atoms with Gasteiger partial charge >= 0.3 is 0 Å². The summed E-state index contributed by atoms with van der Waals surface area (Å²) in [6, 6.07) is 7.01. The maximum absolute atomic E-state index is 10.5. The van der Waals surface area contributed by atoms with Crippen molar-refractivity contribution in [1.82, 2.24) is 0 Å². The SMILES string of the molecule is N#Cc1cc(Cl)ccc1C=CCC(N)=O. The van der Waals surface area contributed by atoms with E-state index in [4.69, 9.17) is 22.6 Å². The molecule has 0 atom stereocenters. The molecule has 1 aromatic rings. The van der Waals surface area contributed by atoms with Gasteiger partial charge in [-0.2, -0.15) is 5.26 Å². The lowest BCUT2D eigenvalue weighted by Crippen LogP contribution is -2.07. The predicted octanol–water partition coefficient (Wildman–Crippen LogP) is 2.10. The van der Waals surface area contributed by atoms with Crippen LogP contribution in [0.2, 0.25) is 5.02 Å². The van der Waals surface area contributed by atoms with Gasteiger partial charge in [-0.3, -0.25) is 4.79 Å². The predicted molar refractivity (Wildman–Crippen MR) is 59.0 cm³/mol. The molecule has 0 radical (unpaired) electrons. The Bertz CT molecular complexity index is 446. The number of rotatable bonds is 3. The number of benzene rings is 1. The minimum atomic E-state index is -0.404. The molecule has 0 unspecified atom stereocenters. The largest absolute Gasteiger partial charge is 0.369 e. The highest BCUT2D eigenvalue weighted by molar-refractivity contribution is 6.30. The summed E-state index contributed by atoms with van der Waals surface area (Å²) in [6.07, 6.45) is 3.46. The molecule has 0 aliphatic carbocycles. The zero-order chi connectivity index (χ0) is 11.3. The lowest BCUT2D eigenvalue weighted by Gasteiger charge is -1.97. The van der Waals surface area contributed by atoms with E-state index in [1.54, 1.807) is 30.4 Å². The second-order valence-corrected chi connectivity index (χ2v) is 3.35. The van der Waals surface area contributed by atoms with Gasteiger partial charge in [-0.15, -0.1) is 0 Å². The van der Waals surface area contributed by atoms with Crippen LogP contribution < -0.4 is 5.73 Å². The van der Waals surface area contributed by atoms with E-state index in [1.807, 2.05) is 6.07 Å². The summed E-state index contributed by atoms with van der Waals surface area (Å²) in [5.74, 6) is -0.404. The molecule has 0 saturated heterocycles. The van der Waals surface area contributed by atoms with Crippen LogP contribution in [-0.4, -0.2) is 5.91 Å². The molecule has 0 spiro atoms. The van der Waals surface area contributed by atoms with Gasteiger partial charge in [-0.05, 0) is 17.7 Å². The first-order chi connectivity index (χ1) is 7.13. The first-order valence-corrected chi connectivity index (χ1v) is 4.66. The van der Waals surface area contributed by atoms with E-state index in [1.165, 1.54) is 0 Å². The van der Waals surface area contributed by atoms with Crippen molar-refractivity contribution in [2.24, 2.45) is 5.73 Å². The van der Waals surface area contributed by atoms with Crippen LogP contribution >= 0.6 is 11.6 Å². The first kappa shape index (κ1) is 11.3. The van der Waals surface area contributed by atoms with E-state index < -0.39 is 5.91 Å². The molecule has 15 heavy (non-hydrogen) atoms. The highest BCUT2D eigenvalue weighted by Crippen LogP contribution is 2.16. The van der Waals surface area contributed by atoms with Crippen LogP contribution in [0, 0.1) is 11.3 Å². The Balaban J connectivity index is 2.91. The second kappa shape index (κ2) is 5.18. The summed E-state index contributed by atoms with van der Waals surface area (Å²) >= 11 is 5.73. The molecule has 4 heteroatoms. The molecule has 0 aliphatic heterocycles. The van der Waals surface area contributed by atoms with Crippen molar-refractivity contribution in [1.29, 1.82) is 5.26 Å². The van der Waals surface area contributed by atoms with Gasteiger partial charge < -0.3 is 5.73 Å². The molecule has 0 aliphatic rings. The maximum atomic E-state index is 10.5. The Morgan fingerprint density at radius 1 is 1.60 bits per heavy atom. The van der Waals surface area contributed by atoms with Gasteiger partial charge in [0, 0.05) is 11.4 Å². The van der Waals surface area contributed by atoms with E-state index in [2.05, 4.69) is 0 Å². The molecule has 1 rings (SSSR count). The van der Waals surface area contributed by atoms with E-state index in [0.717, 1.165) is 5.56 Å². The Morgan fingerprint density at radius 3 is 2.93 bits per heavy atom. The quantitative estimate of drug-likeness (QED) is 0.848. The highest BCUT2D eigenvalue weighted by Gasteiger charge is 1.99. The molecule has 0 aromatic heterocycles. The minimum Gasteiger partial charge on any atom is -0.369 e. The summed E-state index contributed by atoms with van der Waals surface area (Å²) in [6.45, 7) is 0. The first-order valence-electron chi connectivity index (χ1n) is 4.28. The number of primary amides is 1. The summed E-state index contributed by atoms with van der Waals surface area (Å²) < 4.78 is 0. The Labute approximate surface area is 92.8 Å². The number of nitriles is 1. The molecule has 76 valence electrons. The van der Waals surface area contributed by atoms with Crippen LogP contribution in [0.15, 0.2) is 24.3 Å². The smallest absolute Gasteiger partial charge is 0.221 e. The molecule has 1 amide bonds. The van der Waals surface area contributed by atoms with Crippen LogP contribution in [-0.2, 0) is 4.79 Å². The molecule has 0 heterocycles. The van der Waals surface area contributed by atoms with Crippen LogP contribution in [0.5, 0.6) is 0 Å². The average Bonchev–Trinajstić information content (AvgIpc) is 2.19. The average molecular weight is 221 g/mol. The minimum absolute atomic E-state index is 0.160. The lowest BCUT2D eigenvalue weighted by atomic mass is 10.1. The number of nitrogens with zero attached hydrogens (tertiary/aromatic N) is 1. The van der Waals surface area contributed by atoms with Gasteiger partial charge in [-0.25, -0.2) is 0 Å². The van der Waals surface area contributed by atoms with Crippen LogP contribution in [0.3, 0.4) is 0 Å². The second-order valence-electron chi connectivity index (χ2n) is 2.92. The fourth-order valence-electron chi connectivity index (χ4n) is 1.07. The zero-order valence-corrected chi connectivity index (χ0v) is 8.66. The molecule has 0 bridgehead atoms. The van der Waals surface area contributed by atoms with Gasteiger partial charge in [0.05, 0.1) is 11.6 Å².